The first-order chi connectivity index (χ1) is 14.9. The zero-order valence-corrected chi connectivity index (χ0v) is 16.9. The number of aliphatic hydroxyl groups excluding tert-OH is 2. The van der Waals surface area contributed by atoms with Gasteiger partial charge in [0.1, 0.15) is 18.2 Å². The number of amides is 1. The van der Waals surface area contributed by atoms with Crippen molar-refractivity contribution in [3.8, 4) is 11.5 Å². The smallest absolute Gasteiger partial charge is 0.277 e. The van der Waals surface area contributed by atoms with Gasteiger partial charge in [-0.3, -0.25) is 14.5 Å². The molecule has 1 saturated heterocycles. The number of oxazole rings is 1. The van der Waals surface area contributed by atoms with Crippen LogP contribution in [0.1, 0.15) is 47.0 Å². The van der Waals surface area contributed by atoms with Crippen LogP contribution < -0.4 is 11.1 Å². The van der Waals surface area contributed by atoms with E-state index in [4.69, 9.17) is 14.9 Å². The molecule has 3 unspecified atom stereocenters. The molecule has 0 saturated carbocycles. The van der Waals surface area contributed by atoms with Crippen molar-refractivity contribution in [2.45, 2.75) is 38.1 Å². The lowest BCUT2D eigenvalue weighted by Crippen LogP contribution is -2.30. The fourth-order valence-electron chi connectivity index (χ4n) is 3.51. The minimum absolute atomic E-state index is 0.0531. The molecule has 11 heteroatoms. The largest absolute Gasteiger partial charge is 0.444 e. The number of nitrogens with one attached hydrogen (secondary N) is 1. The number of aryl methyl sites for hydroxylation is 1. The molecule has 1 aliphatic rings. The van der Waals surface area contributed by atoms with Crippen molar-refractivity contribution in [2.24, 2.45) is 5.73 Å². The number of hydrogen-bond donors (Lipinski definition) is 4. The lowest BCUT2D eigenvalue weighted by Gasteiger charge is -2.28. The first-order valence-electron chi connectivity index (χ1n) is 9.89. The van der Waals surface area contributed by atoms with Crippen molar-refractivity contribution in [1.29, 1.82) is 0 Å². The topological polar surface area (TPSA) is 162 Å². The zero-order chi connectivity index (χ0) is 22.0. The number of carbonyl (C=O) groups is 1. The highest BCUT2D eigenvalue weighted by Crippen LogP contribution is 2.28. The number of aromatic nitrogens is 4. The standard InChI is InChI=1S/C20H24N6O5/c1-11-6-12(2-4-22-11)20-24-16(10-31-20)19(29)23-15-8-26(25-17(15)18(21)28)13-3-5-30-14(7-13)9-27/h2,4,6,8,10,13-14,18,27-28H,3,5,7,9,21H2,1H3,(H,23,29). The van der Waals surface area contributed by atoms with Crippen molar-refractivity contribution in [1.82, 2.24) is 19.7 Å². The number of ether oxygens (including phenoxy) is 1. The third-order valence-electron chi connectivity index (χ3n) is 5.09. The predicted molar refractivity (Wildman–Crippen MR) is 109 cm³/mol. The molecule has 164 valence electrons. The number of aliphatic hydroxyl groups is 2. The SMILES string of the molecule is Cc1cc(-c2nc(C(=O)Nc3cn(C4CCOC(CO)C4)nc3C(N)O)co2)ccn1. The molecule has 3 atom stereocenters. The summed E-state index contributed by atoms with van der Waals surface area (Å²) in [5.74, 6) is -0.231. The molecule has 0 spiro atoms. The molecular formula is C20H24N6O5. The van der Waals surface area contributed by atoms with Gasteiger partial charge in [-0.2, -0.15) is 5.10 Å². The molecule has 3 aromatic rings. The Morgan fingerprint density at radius 3 is 3.06 bits per heavy atom. The van der Waals surface area contributed by atoms with Gasteiger partial charge in [0.15, 0.2) is 5.69 Å². The van der Waals surface area contributed by atoms with Crippen LogP contribution in [0.15, 0.2) is 35.2 Å². The molecular weight excluding hydrogens is 404 g/mol. The quantitative estimate of drug-likeness (QED) is 0.422. The molecule has 11 nitrogen and oxygen atoms in total. The Kier molecular flexibility index (Phi) is 6.09. The molecule has 1 aliphatic heterocycles. The summed E-state index contributed by atoms with van der Waals surface area (Å²) >= 11 is 0. The van der Waals surface area contributed by atoms with Crippen molar-refractivity contribution in [3.63, 3.8) is 0 Å². The van der Waals surface area contributed by atoms with Crippen LogP contribution in [0.3, 0.4) is 0 Å². The monoisotopic (exact) mass is 428 g/mol. The molecule has 1 amide bonds. The summed E-state index contributed by atoms with van der Waals surface area (Å²) in [7, 11) is 0. The molecule has 0 aromatic carbocycles. The summed E-state index contributed by atoms with van der Waals surface area (Å²) < 4.78 is 12.5. The fraction of sp³-hybridized carbons (Fsp3) is 0.400. The third-order valence-corrected chi connectivity index (χ3v) is 5.09. The molecule has 3 aromatic heterocycles. The molecule has 4 heterocycles. The maximum absolute atomic E-state index is 12.7. The molecule has 0 aliphatic carbocycles. The summed E-state index contributed by atoms with van der Waals surface area (Å²) in [5.41, 5.74) is 7.62. The zero-order valence-electron chi connectivity index (χ0n) is 16.9. The molecule has 5 N–H and O–H groups in total. The highest BCUT2D eigenvalue weighted by molar-refractivity contribution is 6.03. The van der Waals surface area contributed by atoms with Crippen molar-refractivity contribution < 1.29 is 24.2 Å². The number of nitrogens with two attached hydrogens (primary N) is 1. The number of pyridine rings is 1. The summed E-state index contributed by atoms with van der Waals surface area (Å²) in [6, 6.07) is 3.48. The van der Waals surface area contributed by atoms with E-state index in [1.807, 2.05) is 6.92 Å². The van der Waals surface area contributed by atoms with Gasteiger partial charge < -0.3 is 30.4 Å². The number of anilines is 1. The molecule has 31 heavy (non-hydrogen) atoms. The van der Waals surface area contributed by atoms with E-state index in [-0.39, 0.29) is 35.8 Å². The average molecular weight is 428 g/mol. The summed E-state index contributed by atoms with van der Waals surface area (Å²) in [5, 5.41) is 26.3. The Morgan fingerprint density at radius 1 is 1.48 bits per heavy atom. The van der Waals surface area contributed by atoms with Gasteiger partial charge in [-0.05, 0) is 31.9 Å². The van der Waals surface area contributed by atoms with E-state index in [2.05, 4.69) is 20.4 Å². The van der Waals surface area contributed by atoms with Crippen molar-refractivity contribution in [3.05, 3.63) is 47.9 Å². The second-order valence-electron chi connectivity index (χ2n) is 7.38. The van der Waals surface area contributed by atoms with Crippen LogP contribution in [0.2, 0.25) is 0 Å². The highest BCUT2D eigenvalue weighted by atomic mass is 16.5. The van der Waals surface area contributed by atoms with Gasteiger partial charge >= 0.3 is 0 Å². The maximum atomic E-state index is 12.7. The number of nitrogens with zero attached hydrogens (tertiary/aromatic N) is 4. The number of carbonyl (C=O) groups excluding carboxylic acids is 1. The van der Waals surface area contributed by atoms with Crippen LogP contribution in [-0.2, 0) is 4.74 Å². The summed E-state index contributed by atoms with van der Waals surface area (Å²) in [4.78, 5) is 21.1. The van der Waals surface area contributed by atoms with E-state index in [0.717, 1.165) is 5.69 Å². The minimum atomic E-state index is -1.38. The lowest BCUT2D eigenvalue weighted by molar-refractivity contribution is -0.0366. The van der Waals surface area contributed by atoms with E-state index in [0.29, 0.717) is 30.9 Å². The van der Waals surface area contributed by atoms with Crippen LogP contribution in [-0.4, -0.2) is 55.2 Å². The predicted octanol–water partition coefficient (Wildman–Crippen LogP) is 1.16. The second kappa shape index (κ2) is 8.94. The van der Waals surface area contributed by atoms with E-state index in [1.165, 1.54) is 6.26 Å². The van der Waals surface area contributed by atoms with E-state index in [1.54, 1.807) is 29.2 Å². The van der Waals surface area contributed by atoms with Gasteiger partial charge in [0.05, 0.1) is 24.4 Å². The first kappa shape index (κ1) is 21.1. The van der Waals surface area contributed by atoms with Crippen LogP contribution >= 0.6 is 0 Å². The summed E-state index contributed by atoms with van der Waals surface area (Å²) in [6.45, 7) is 2.24. The van der Waals surface area contributed by atoms with E-state index < -0.39 is 12.1 Å². The van der Waals surface area contributed by atoms with Crippen LogP contribution in [0, 0.1) is 6.92 Å². The van der Waals surface area contributed by atoms with Gasteiger partial charge in [0.2, 0.25) is 5.89 Å². The van der Waals surface area contributed by atoms with Crippen LogP contribution in [0.5, 0.6) is 0 Å². The Hall–Kier alpha value is -3.12. The number of hydrogen-bond acceptors (Lipinski definition) is 9. The Labute approximate surface area is 177 Å². The van der Waals surface area contributed by atoms with E-state index in [9.17, 15) is 15.0 Å². The van der Waals surface area contributed by atoms with Crippen molar-refractivity contribution in [2.75, 3.05) is 18.5 Å². The van der Waals surface area contributed by atoms with Gasteiger partial charge in [-0.1, -0.05) is 0 Å². The lowest BCUT2D eigenvalue weighted by atomic mass is 10.0. The molecule has 0 bridgehead atoms. The van der Waals surface area contributed by atoms with Crippen molar-refractivity contribution >= 4 is 11.6 Å². The highest BCUT2D eigenvalue weighted by Gasteiger charge is 2.27. The molecule has 4 rings (SSSR count). The van der Waals surface area contributed by atoms with Crippen LogP contribution in [0.4, 0.5) is 5.69 Å². The minimum Gasteiger partial charge on any atom is -0.444 e. The second-order valence-corrected chi connectivity index (χ2v) is 7.38. The first-order valence-corrected chi connectivity index (χ1v) is 9.89. The molecule has 0 radical (unpaired) electrons. The van der Waals surface area contributed by atoms with Gasteiger partial charge in [0.25, 0.3) is 5.91 Å². The number of rotatable bonds is 6. The Bertz CT molecular complexity index is 1060. The van der Waals surface area contributed by atoms with Gasteiger partial charge in [0, 0.05) is 30.3 Å². The third kappa shape index (κ3) is 4.64. The Balaban J connectivity index is 1.53. The summed E-state index contributed by atoms with van der Waals surface area (Å²) in [6.07, 6.45) is 4.09. The normalized spacial score (nSPS) is 19.9. The average Bonchev–Trinajstić information content (AvgIpc) is 3.42. The maximum Gasteiger partial charge on any atom is 0.277 e. The molecule has 1 fully saturated rings. The Morgan fingerprint density at radius 2 is 2.32 bits per heavy atom. The fourth-order valence-corrected chi connectivity index (χ4v) is 3.51. The van der Waals surface area contributed by atoms with Gasteiger partial charge in [-0.15, -0.1) is 0 Å². The van der Waals surface area contributed by atoms with E-state index >= 15 is 0 Å². The van der Waals surface area contributed by atoms with Gasteiger partial charge in [-0.25, -0.2) is 4.98 Å². The van der Waals surface area contributed by atoms with Crippen LogP contribution in [0.25, 0.3) is 11.5 Å².